The van der Waals surface area contributed by atoms with Crippen molar-refractivity contribution >= 4 is 45.1 Å². The van der Waals surface area contributed by atoms with Gasteiger partial charge < -0.3 is 0 Å². The molecule has 0 saturated carbocycles. The van der Waals surface area contributed by atoms with Crippen molar-refractivity contribution in [2.75, 3.05) is 19.9 Å². The number of hydrogen-bond acceptors (Lipinski definition) is 6. The van der Waals surface area contributed by atoms with E-state index >= 15 is 0 Å². The van der Waals surface area contributed by atoms with Gasteiger partial charge in [-0.1, -0.05) is 0 Å². The third-order valence-corrected chi connectivity index (χ3v) is 9.06. The molecule has 31 heavy (non-hydrogen) atoms. The Labute approximate surface area is 192 Å². The normalized spacial score (nSPS) is 19.4. The van der Waals surface area contributed by atoms with Crippen molar-refractivity contribution in [3.63, 3.8) is 0 Å². The molecule has 3 heterocycles. The van der Waals surface area contributed by atoms with Gasteiger partial charge in [0.1, 0.15) is 0 Å². The standard InChI is InChI=1S/C22H23AsClN3O4/c24-16-2-3-17-15(10-16)12-27(20(26-17)22(21(28)29)5-7-25-8-6-22)23-11-14-1-4-18-19(9-14)31-13-30-18/h1-4,9-10,23,25H,5-8,11-13H2,(H,28,29). The van der Waals surface area contributed by atoms with Crippen LogP contribution in [0.3, 0.4) is 0 Å². The molecule has 3 aliphatic heterocycles. The van der Waals surface area contributed by atoms with E-state index in [1.54, 1.807) is 0 Å². The van der Waals surface area contributed by atoms with E-state index in [9.17, 15) is 9.90 Å². The molecule has 1 unspecified atom stereocenters. The molecule has 0 bridgehead atoms. The van der Waals surface area contributed by atoms with Crippen LogP contribution in [0.1, 0.15) is 24.0 Å². The molecule has 0 radical (unpaired) electrons. The predicted molar refractivity (Wildman–Crippen MR) is 120 cm³/mol. The van der Waals surface area contributed by atoms with Gasteiger partial charge >= 0.3 is 193 Å². The van der Waals surface area contributed by atoms with Gasteiger partial charge in [-0.2, -0.15) is 0 Å². The molecule has 0 amide bonds. The first-order valence-electron chi connectivity index (χ1n) is 10.3. The van der Waals surface area contributed by atoms with E-state index in [0.717, 1.165) is 33.5 Å². The second-order valence-electron chi connectivity index (χ2n) is 7.95. The molecule has 1 saturated heterocycles. The Morgan fingerprint density at radius 3 is 2.81 bits per heavy atom. The Hall–Kier alpha value is -2.21. The zero-order chi connectivity index (χ0) is 21.4. The van der Waals surface area contributed by atoms with Crippen LogP contribution in [-0.4, -0.2) is 56.6 Å². The molecule has 2 aromatic carbocycles. The van der Waals surface area contributed by atoms with Crippen LogP contribution in [0.15, 0.2) is 41.4 Å². The summed E-state index contributed by atoms with van der Waals surface area (Å²) in [6.07, 6.45) is 1.08. The fourth-order valence-corrected chi connectivity index (χ4v) is 7.23. The number of rotatable bonds is 5. The molecular formula is C22H23AsClN3O4. The Morgan fingerprint density at radius 1 is 1.19 bits per heavy atom. The molecular weight excluding hydrogens is 481 g/mol. The number of fused-ring (bicyclic) bond motifs is 2. The molecule has 2 N–H and O–H groups in total. The molecule has 7 nitrogen and oxygen atoms in total. The Bertz CT molecular complexity index is 1060. The van der Waals surface area contributed by atoms with E-state index in [1.807, 2.05) is 30.3 Å². The summed E-state index contributed by atoms with van der Waals surface area (Å²) in [6, 6.07) is 11.7. The minimum absolute atomic E-state index is 0.255. The SMILES string of the molecule is O=C(O)C1(C2=Nc3ccc(Cl)cc3CN2[AsH]Cc2ccc3c(c2)OCO3)CCNCC1. The van der Waals surface area contributed by atoms with Crippen LogP contribution < -0.4 is 14.8 Å². The van der Waals surface area contributed by atoms with Crippen LogP contribution in [0.5, 0.6) is 11.5 Å². The van der Waals surface area contributed by atoms with Gasteiger partial charge in [0.25, 0.3) is 0 Å². The summed E-state index contributed by atoms with van der Waals surface area (Å²) in [7, 11) is 0. The van der Waals surface area contributed by atoms with Gasteiger partial charge in [-0.05, 0) is 0 Å². The zero-order valence-electron chi connectivity index (χ0n) is 16.9. The number of amidine groups is 1. The van der Waals surface area contributed by atoms with E-state index in [0.29, 0.717) is 43.3 Å². The number of benzene rings is 2. The Balaban J connectivity index is 1.47. The molecule has 0 spiro atoms. The van der Waals surface area contributed by atoms with Crippen molar-refractivity contribution in [2.24, 2.45) is 10.4 Å². The summed E-state index contributed by atoms with van der Waals surface area (Å²) in [5.74, 6) is 1.46. The first-order valence-corrected chi connectivity index (χ1v) is 13.1. The van der Waals surface area contributed by atoms with Crippen LogP contribution in [0.25, 0.3) is 0 Å². The number of nitrogens with zero attached hydrogens (tertiary/aromatic N) is 2. The van der Waals surface area contributed by atoms with Crippen LogP contribution in [0.4, 0.5) is 5.69 Å². The number of piperidine rings is 1. The van der Waals surface area contributed by atoms with Crippen molar-refractivity contribution < 1.29 is 19.4 Å². The van der Waals surface area contributed by atoms with Crippen molar-refractivity contribution in [1.29, 1.82) is 0 Å². The van der Waals surface area contributed by atoms with Gasteiger partial charge in [-0.15, -0.1) is 0 Å². The van der Waals surface area contributed by atoms with Gasteiger partial charge in [0.2, 0.25) is 0 Å². The predicted octanol–water partition coefficient (Wildman–Crippen LogP) is 2.92. The molecule has 1 fully saturated rings. The van der Waals surface area contributed by atoms with Gasteiger partial charge in [0.15, 0.2) is 0 Å². The first-order chi connectivity index (χ1) is 15.0. The monoisotopic (exact) mass is 503 g/mol. The van der Waals surface area contributed by atoms with Gasteiger partial charge in [-0.3, -0.25) is 0 Å². The number of carboxylic acid groups (broad SMARTS) is 1. The first kappa shape index (κ1) is 20.7. The van der Waals surface area contributed by atoms with E-state index in [1.165, 1.54) is 0 Å². The molecule has 3 aliphatic rings. The third kappa shape index (κ3) is 3.91. The number of hydrogen-bond donors (Lipinski definition) is 2. The van der Waals surface area contributed by atoms with Gasteiger partial charge in [0, 0.05) is 0 Å². The number of carbonyl (C=O) groups is 1. The zero-order valence-corrected chi connectivity index (χ0v) is 19.7. The molecule has 1 atom stereocenters. The number of aliphatic carboxylic acids is 1. The number of aliphatic imine (C=N–C) groups is 1. The van der Waals surface area contributed by atoms with Crippen molar-refractivity contribution in [3.8, 4) is 11.5 Å². The Kier molecular flexibility index (Phi) is 5.59. The average molecular weight is 504 g/mol. The topological polar surface area (TPSA) is 83.4 Å². The summed E-state index contributed by atoms with van der Waals surface area (Å²) < 4.78 is 13.2. The van der Waals surface area contributed by atoms with Gasteiger partial charge in [0.05, 0.1) is 0 Å². The van der Waals surface area contributed by atoms with E-state index in [2.05, 4.69) is 15.2 Å². The second-order valence-corrected chi connectivity index (χ2v) is 10.9. The summed E-state index contributed by atoms with van der Waals surface area (Å²) >= 11 is 5.50. The molecule has 9 heteroatoms. The van der Waals surface area contributed by atoms with Crippen LogP contribution in [0, 0.1) is 5.41 Å². The van der Waals surface area contributed by atoms with Crippen molar-refractivity contribution in [1.82, 2.24) is 9.13 Å². The number of halogens is 1. The van der Waals surface area contributed by atoms with Gasteiger partial charge in [-0.25, -0.2) is 0 Å². The molecule has 0 aromatic heterocycles. The second kappa shape index (κ2) is 8.38. The molecule has 5 rings (SSSR count). The van der Waals surface area contributed by atoms with E-state index < -0.39 is 27.4 Å². The summed E-state index contributed by atoms with van der Waals surface area (Å²) in [6.45, 7) is 2.25. The van der Waals surface area contributed by atoms with Crippen LogP contribution in [-0.2, 0) is 16.5 Å². The molecule has 162 valence electrons. The van der Waals surface area contributed by atoms with E-state index in [4.69, 9.17) is 26.1 Å². The third-order valence-electron chi connectivity index (χ3n) is 6.06. The number of ether oxygens (including phenoxy) is 2. The average Bonchev–Trinajstić information content (AvgIpc) is 3.25. The molecule has 0 aliphatic carbocycles. The maximum absolute atomic E-state index is 12.5. The number of carboxylic acids is 1. The van der Waals surface area contributed by atoms with E-state index in [-0.39, 0.29) is 6.79 Å². The molecule has 2 aromatic rings. The number of nitrogens with one attached hydrogen (secondary N) is 1. The summed E-state index contributed by atoms with van der Waals surface area (Å²) in [5, 5.41) is 15.1. The fourth-order valence-electron chi connectivity index (χ4n) is 4.33. The Morgan fingerprint density at radius 2 is 2.00 bits per heavy atom. The van der Waals surface area contributed by atoms with Crippen LogP contribution in [0.2, 0.25) is 5.02 Å². The summed E-state index contributed by atoms with van der Waals surface area (Å²) in [4.78, 5) is 17.4. The minimum atomic E-state index is -0.957. The van der Waals surface area contributed by atoms with Crippen molar-refractivity contribution in [3.05, 3.63) is 52.5 Å². The fraction of sp³-hybridized carbons (Fsp3) is 0.364. The quantitative estimate of drug-likeness (QED) is 0.611. The van der Waals surface area contributed by atoms with Crippen LogP contribution >= 0.6 is 11.6 Å². The van der Waals surface area contributed by atoms with Crippen molar-refractivity contribution in [2.45, 2.75) is 24.6 Å². The maximum atomic E-state index is 12.5. The summed E-state index contributed by atoms with van der Waals surface area (Å²) in [5.41, 5.74) is 2.07.